The molecule has 0 radical (unpaired) electrons. The van der Waals surface area contributed by atoms with Gasteiger partial charge in [-0.3, -0.25) is 9.59 Å². The zero-order valence-corrected chi connectivity index (χ0v) is 10.0. The molecule has 0 saturated carbocycles. The van der Waals surface area contributed by atoms with Crippen LogP contribution in [0.25, 0.3) is 0 Å². The number of esters is 1. The monoisotopic (exact) mass is 213 g/mol. The Labute approximate surface area is 90.6 Å². The molecule has 0 aromatic heterocycles. The van der Waals surface area contributed by atoms with Crippen molar-refractivity contribution in [2.45, 2.75) is 45.7 Å². The van der Waals surface area contributed by atoms with Gasteiger partial charge in [0, 0.05) is 18.0 Å². The predicted octanol–water partition coefficient (Wildman–Crippen LogP) is 1.19. The highest BCUT2D eigenvalue weighted by Crippen LogP contribution is 2.32. The van der Waals surface area contributed by atoms with Crippen LogP contribution in [0.1, 0.15) is 34.1 Å². The second-order valence-corrected chi connectivity index (χ2v) is 5.01. The van der Waals surface area contributed by atoms with Crippen LogP contribution in [0.4, 0.5) is 0 Å². The van der Waals surface area contributed by atoms with Gasteiger partial charge in [-0.05, 0) is 27.7 Å². The molecular weight excluding hydrogens is 194 g/mol. The largest absolute Gasteiger partial charge is 0.469 e. The molecule has 1 fully saturated rings. The smallest absolute Gasteiger partial charge is 0.311 e. The van der Waals surface area contributed by atoms with E-state index >= 15 is 0 Å². The van der Waals surface area contributed by atoms with Gasteiger partial charge in [-0.25, -0.2) is 0 Å². The first-order chi connectivity index (χ1) is 6.79. The molecule has 1 amide bonds. The SMILES string of the molecule is COC(=O)C1CC(=O)N(C(C)(C)C)C1C. The average Bonchev–Trinajstić information content (AvgIpc) is 2.39. The zero-order chi connectivity index (χ0) is 11.8. The molecule has 15 heavy (non-hydrogen) atoms. The van der Waals surface area contributed by atoms with Crippen molar-refractivity contribution in [2.75, 3.05) is 7.11 Å². The number of carbonyl (C=O) groups is 2. The number of hydrogen-bond donors (Lipinski definition) is 0. The Bertz CT molecular complexity index is 280. The molecule has 1 aliphatic heterocycles. The van der Waals surface area contributed by atoms with Gasteiger partial charge in [0.25, 0.3) is 0 Å². The minimum absolute atomic E-state index is 0.0328. The lowest BCUT2D eigenvalue weighted by Crippen LogP contribution is -2.47. The molecule has 4 heteroatoms. The van der Waals surface area contributed by atoms with Gasteiger partial charge in [0.2, 0.25) is 5.91 Å². The van der Waals surface area contributed by atoms with Crippen molar-refractivity contribution >= 4 is 11.9 Å². The predicted molar refractivity (Wildman–Crippen MR) is 56.2 cm³/mol. The lowest BCUT2D eigenvalue weighted by Gasteiger charge is -2.36. The number of nitrogens with zero attached hydrogens (tertiary/aromatic N) is 1. The van der Waals surface area contributed by atoms with Crippen LogP contribution in [0.15, 0.2) is 0 Å². The van der Waals surface area contributed by atoms with Gasteiger partial charge < -0.3 is 9.64 Å². The third-order valence-corrected chi connectivity index (χ3v) is 2.88. The van der Waals surface area contributed by atoms with Crippen LogP contribution in [0, 0.1) is 5.92 Å². The maximum absolute atomic E-state index is 11.8. The summed E-state index contributed by atoms with van der Waals surface area (Å²) in [5.41, 5.74) is -0.237. The van der Waals surface area contributed by atoms with Gasteiger partial charge in [-0.2, -0.15) is 0 Å². The van der Waals surface area contributed by atoms with Crippen LogP contribution in [-0.2, 0) is 14.3 Å². The Balaban J connectivity index is 2.89. The zero-order valence-electron chi connectivity index (χ0n) is 10.0. The van der Waals surface area contributed by atoms with E-state index in [9.17, 15) is 9.59 Å². The summed E-state index contributed by atoms with van der Waals surface area (Å²) in [4.78, 5) is 25.0. The Morgan fingerprint density at radius 3 is 2.33 bits per heavy atom. The second kappa shape index (κ2) is 3.83. The summed E-state index contributed by atoms with van der Waals surface area (Å²) in [5.74, 6) is -0.574. The molecule has 0 aromatic rings. The molecule has 2 unspecified atom stereocenters. The molecule has 0 bridgehead atoms. The fourth-order valence-corrected chi connectivity index (χ4v) is 2.28. The number of likely N-dealkylation sites (tertiary alicyclic amines) is 1. The molecule has 0 aliphatic carbocycles. The number of amides is 1. The molecule has 1 saturated heterocycles. The van der Waals surface area contributed by atoms with Crippen LogP contribution in [0.3, 0.4) is 0 Å². The Hall–Kier alpha value is -1.06. The lowest BCUT2D eigenvalue weighted by atomic mass is 9.99. The summed E-state index contributed by atoms with van der Waals surface area (Å²) in [6.45, 7) is 7.82. The van der Waals surface area contributed by atoms with Crippen molar-refractivity contribution in [2.24, 2.45) is 5.92 Å². The highest BCUT2D eigenvalue weighted by Gasteiger charge is 2.45. The fourth-order valence-electron chi connectivity index (χ4n) is 2.28. The first kappa shape index (κ1) is 12.0. The minimum Gasteiger partial charge on any atom is -0.469 e. The summed E-state index contributed by atoms with van der Waals surface area (Å²) in [6, 6.07) is -0.0788. The molecule has 0 N–H and O–H groups in total. The number of carbonyl (C=O) groups excluding carboxylic acids is 2. The Morgan fingerprint density at radius 1 is 1.47 bits per heavy atom. The van der Waals surface area contributed by atoms with Gasteiger partial charge in [0.15, 0.2) is 0 Å². The van der Waals surface area contributed by atoms with Crippen molar-refractivity contribution in [3.63, 3.8) is 0 Å². The maximum atomic E-state index is 11.8. The van der Waals surface area contributed by atoms with Gasteiger partial charge in [-0.1, -0.05) is 0 Å². The van der Waals surface area contributed by atoms with Gasteiger partial charge in [0.1, 0.15) is 0 Å². The Morgan fingerprint density at radius 2 is 2.00 bits per heavy atom. The van der Waals surface area contributed by atoms with Crippen LogP contribution in [0.5, 0.6) is 0 Å². The number of rotatable bonds is 1. The van der Waals surface area contributed by atoms with E-state index in [1.165, 1.54) is 7.11 Å². The van der Waals surface area contributed by atoms with Crippen LogP contribution < -0.4 is 0 Å². The molecule has 1 rings (SSSR count). The molecule has 1 heterocycles. The van der Waals surface area contributed by atoms with E-state index in [1.54, 1.807) is 4.90 Å². The summed E-state index contributed by atoms with van der Waals surface area (Å²) in [7, 11) is 1.36. The average molecular weight is 213 g/mol. The number of ether oxygens (including phenoxy) is 1. The molecule has 0 aromatic carbocycles. The number of methoxy groups -OCH3 is 1. The standard InChI is InChI=1S/C11H19NO3/c1-7-8(10(14)15-5)6-9(13)12(7)11(2,3)4/h7-8H,6H2,1-5H3. The Kier molecular flexibility index (Phi) is 3.07. The van der Waals surface area contributed by atoms with Crippen molar-refractivity contribution in [3.8, 4) is 0 Å². The first-order valence-electron chi connectivity index (χ1n) is 5.19. The third-order valence-electron chi connectivity index (χ3n) is 2.88. The quantitative estimate of drug-likeness (QED) is 0.615. The fraction of sp³-hybridized carbons (Fsp3) is 0.818. The summed E-state index contributed by atoms with van der Waals surface area (Å²) < 4.78 is 4.70. The molecule has 1 aliphatic rings. The van der Waals surface area contributed by atoms with E-state index < -0.39 is 0 Å². The van der Waals surface area contributed by atoms with Crippen molar-refractivity contribution in [1.29, 1.82) is 0 Å². The van der Waals surface area contributed by atoms with Gasteiger partial charge >= 0.3 is 5.97 Å². The molecule has 0 spiro atoms. The van der Waals surface area contributed by atoms with E-state index in [0.717, 1.165) is 0 Å². The lowest BCUT2D eigenvalue weighted by molar-refractivity contribution is -0.146. The van der Waals surface area contributed by atoms with Crippen molar-refractivity contribution in [3.05, 3.63) is 0 Å². The van der Waals surface area contributed by atoms with E-state index in [4.69, 9.17) is 4.74 Å². The van der Waals surface area contributed by atoms with Crippen molar-refractivity contribution < 1.29 is 14.3 Å². The van der Waals surface area contributed by atoms with Gasteiger partial charge in [0.05, 0.1) is 13.0 Å². The normalized spacial score (nSPS) is 27.0. The third kappa shape index (κ3) is 2.13. The van der Waals surface area contributed by atoms with Gasteiger partial charge in [-0.15, -0.1) is 0 Å². The van der Waals surface area contributed by atoms with E-state index in [-0.39, 0.29) is 35.8 Å². The topological polar surface area (TPSA) is 46.6 Å². The summed E-state index contributed by atoms with van der Waals surface area (Å²) >= 11 is 0. The first-order valence-corrected chi connectivity index (χ1v) is 5.19. The number of hydrogen-bond acceptors (Lipinski definition) is 3. The van der Waals surface area contributed by atoms with E-state index in [1.807, 2.05) is 27.7 Å². The minimum atomic E-state index is -0.318. The van der Waals surface area contributed by atoms with Crippen LogP contribution in [-0.4, -0.2) is 35.5 Å². The molecular formula is C11H19NO3. The second-order valence-electron chi connectivity index (χ2n) is 5.01. The van der Waals surface area contributed by atoms with Crippen LogP contribution >= 0.6 is 0 Å². The summed E-state index contributed by atoms with van der Waals surface area (Å²) in [5, 5.41) is 0. The highest BCUT2D eigenvalue weighted by atomic mass is 16.5. The molecule has 4 nitrogen and oxygen atoms in total. The van der Waals surface area contributed by atoms with Crippen molar-refractivity contribution in [1.82, 2.24) is 4.90 Å². The van der Waals surface area contributed by atoms with E-state index in [0.29, 0.717) is 0 Å². The maximum Gasteiger partial charge on any atom is 0.311 e. The van der Waals surface area contributed by atoms with E-state index in [2.05, 4.69) is 0 Å². The summed E-state index contributed by atoms with van der Waals surface area (Å²) in [6.07, 6.45) is 0.269. The molecule has 86 valence electrons. The highest BCUT2D eigenvalue weighted by molar-refractivity contribution is 5.88. The van der Waals surface area contributed by atoms with Crippen LogP contribution in [0.2, 0.25) is 0 Å². The molecule has 2 atom stereocenters.